The first kappa shape index (κ1) is 22.7. The number of hydrogen-bond acceptors (Lipinski definition) is 6. The Morgan fingerprint density at radius 3 is 2.30 bits per heavy atom. The minimum absolute atomic E-state index is 0.0217. The molecule has 1 aliphatic heterocycles. The predicted octanol–water partition coefficient (Wildman–Crippen LogP) is 4.14. The lowest BCUT2D eigenvalue weighted by Gasteiger charge is -2.35. The van der Waals surface area contributed by atoms with Gasteiger partial charge in [0.15, 0.2) is 5.13 Å². The van der Waals surface area contributed by atoms with Crippen molar-refractivity contribution >= 4 is 33.3 Å². The number of carbonyl (C=O) groups is 2. The van der Waals surface area contributed by atoms with E-state index in [1.165, 1.54) is 18.3 Å². The van der Waals surface area contributed by atoms with E-state index in [4.69, 9.17) is 0 Å². The van der Waals surface area contributed by atoms with Crippen molar-refractivity contribution in [3.8, 4) is 11.4 Å². The fourth-order valence-corrected chi connectivity index (χ4v) is 4.48. The molecule has 2 amide bonds. The number of anilines is 2. The highest BCUT2D eigenvalue weighted by Crippen LogP contribution is 2.38. The second-order valence-electron chi connectivity index (χ2n) is 7.41. The molecule has 3 heterocycles. The molecule has 3 aromatic rings. The van der Waals surface area contributed by atoms with Gasteiger partial charge in [0.25, 0.3) is 5.91 Å². The molecule has 1 aliphatic rings. The Hall–Kier alpha value is -3.47. The van der Waals surface area contributed by atoms with Gasteiger partial charge in [-0.2, -0.15) is 13.2 Å². The van der Waals surface area contributed by atoms with Crippen molar-refractivity contribution in [3.05, 3.63) is 59.8 Å². The third-order valence-electron chi connectivity index (χ3n) is 5.22. The fourth-order valence-electron chi connectivity index (χ4n) is 3.45. The number of thiazole rings is 1. The van der Waals surface area contributed by atoms with Gasteiger partial charge in [-0.15, -0.1) is 0 Å². The number of pyridine rings is 1. The second kappa shape index (κ2) is 9.18. The van der Waals surface area contributed by atoms with Crippen LogP contribution in [0.3, 0.4) is 0 Å². The summed E-state index contributed by atoms with van der Waals surface area (Å²) in [5.74, 6) is -0.536. The normalized spacial score (nSPS) is 14.3. The average molecular weight is 475 g/mol. The summed E-state index contributed by atoms with van der Waals surface area (Å²) in [7, 11) is 0. The van der Waals surface area contributed by atoms with E-state index in [-0.39, 0.29) is 11.5 Å². The molecule has 172 valence electrons. The highest BCUT2D eigenvalue weighted by molar-refractivity contribution is 7.20. The Morgan fingerprint density at radius 1 is 1.03 bits per heavy atom. The number of aromatic nitrogens is 2. The summed E-state index contributed by atoms with van der Waals surface area (Å²) in [4.78, 5) is 37.1. The molecule has 1 N–H and O–H groups in total. The van der Waals surface area contributed by atoms with Crippen LogP contribution < -0.4 is 10.2 Å². The molecule has 0 radical (unpaired) electrons. The quantitative estimate of drug-likeness (QED) is 0.614. The van der Waals surface area contributed by atoms with Gasteiger partial charge in [-0.1, -0.05) is 17.4 Å². The lowest BCUT2D eigenvalue weighted by molar-refractivity contribution is -0.137. The first-order valence-electron chi connectivity index (χ1n) is 10.1. The number of amides is 2. The van der Waals surface area contributed by atoms with Crippen LogP contribution in [0.15, 0.2) is 48.7 Å². The second-order valence-corrected chi connectivity index (χ2v) is 8.39. The van der Waals surface area contributed by atoms with Gasteiger partial charge in [-0.25, -0.2) is 4.98 Å². The summed E-state index contributed by atoms with van der Waals surface area (Å²) in [5, 5.41) is 3.80. The summed E-state index contributed by atoms with van der Waals surface area (Å²) in [5.41, 5.74) is 0.499. The molecule has 0 spiro atoms. The topological polar surface area (TPSA) is 78.4 Å². The molecule has 33 heavy (non-hydrogen) atoms. The Balaban J connectivity index is 1.58. The first-order valence-corrected chi connectivity index (χ1v) is 11.0. The molecule has 1 fully saturated rings. The van der Waals surface area contributed by atoms with E-state index in [2.05, 4.69) is 20.2 Å². The summed E-state index contributed by atoms with van der Waals surface area (Å²) in [6.45, 7) is 3.89. The molecule has 7 nitrogen and oxygen atoms in total. The minimum atomic E-state index is -4.47. The zero-order chi connectivity index (χ0) is 23.6. The highest BCUT2D eigenvalue weighted by atomic mass is 32.1. The minimum Gasteiger partial charge on any atom is -0.358 e. The summed E-state index contributed by atoms with van der Waals surface area (Å²) in [6, 6.07) is 9.44. The predicted molar refractivity (Wildman–Crippen MR) is 119 cm³/mol. The van der Waals surface area contributed by atoms with Gasteiger partial charge in [-0.05, 0) is 36.4 Å². The van der Waals surface area contributed by atoms with Gasteiger partial charge in [0, 0.05) is 44.9 Å². The summed E-state index contributed by atoms with van der Waals surface area (Å²) in [6.07, 6.45) is -2.82. The zero-order valence-corrected chi connectivity index (χ0v) is 18.4. The molecule has 2 aromatic heterocycles. The van der Waals surface area contributed by atoms with Gasteiger partial charge in [0.1, 0.15) is 10.7 Å². The van der Waals surface area contributed by atoms with Crippen molar-refractivity contribution in [2.75, 3.05) is 36.4 Å². The van der Waals surface area contributed by atoms with Crippen molar-refractivity contribution in [2.45, 2.75) is 13.1 Å². The lowest BCUT2D eigenvalue weighted by atomic mass is 10.1. The Labute approximate surface area is 191 Å². The first-order chi connectivity index (χ1) is 15.7. The number of carbonyl (C=O) groups excluding carboxylic acids is 2. The van der Waals surface area contributed by atoms with E-state index >= 15 is 0 Å². The Kier molecular flexibility index (Phi) is 6.32. The Bertz CT molecular complexity index is 1140. The molecule has 0 unspecified atom stereocenters. The van der Waals surface area contributed by atoms with Crippen LogP contribution in [-0.4, -0.2) is 52.9 Å². The van der Waals surface area contributed by atoms with Crippen LogP contribution in [0.1, 0.15) is 22.8 Å². The van der Waals surface area contributed by atoms with Crippen molar-refractivity contribution < 1.29 is 22.8 Å². The van der Waals surface area contributed by atoms with Crippen LogP contribution >= 0.6 is 11.3 Å². The number of benzene rings is 1. The molecular formula is C22H20F3N5O2S. The summed E-state index contributed by atoms with van der Waals surface area (Å²) >= 11 is 1.26. The van der Waals surface area contributed by atoms with Crippen LogP contribution in [0.5, 0.6) is 0 Å². The van der Waals surface area contributed by atoms with Crippen LogP contribution in [0.2, 0.25) is 0 Å². The van der Waals surface area contributed by atoms with Gasteiger partial charge >= 0.3 is 6.18 Å². The summed E-state index contributed by atoms with van der Waals surface area (Å²) < 4.78 is 38.3. The number of hydrogen-bond donors (Lipinski definition) is 1. The van der Waals surface area contributed by atoms with E-state index in [9.17, 15) is 22.8 Å². The third-order valence-corrected chi connectivity index (χ3v) is 6.26. The van der Waals surface area contributed by atoms with Crippen molar-refractivity contribution in [1.29, 1.82) is 0 Å². The molecule has 0 aliphatic carbocycles. The lowest BCUT2D eigenvalue weighted by Crippen LogP contribution is -2.48. The van der Waals surface area contributed by atoms with Gasteiger partial charge < -0.3 is 9.80 Å². The number of rotatable bonds is 4. The van der Waals surface area contributed by atoms with Crippen molar-refractivity contribution in [3.63, 3.8) is 0 Å². The van der Waals surface area contributed by atoms with E-state index in [0.717, 1.165) is 29.3 Å². The van der Waals surface area contributed by atoms with E-state index < -0.39 is 17.6 Å². The zero-order valence-electron chi connectivity index (χ0n) is 17.6. The van der Waals surface area contributed by atoms with E-state index in [1.807, 2.05) is 12.1 Å². The molecule has 4 rings (SSSR count). The van der Waals surface area contributed by atoms with Crippen LogP contribution in [0, 0.1) is 0 Å². The molecule has 1 saturated heterocycles. The van der Waals surface area contributed by atoms with Crippen LogP contribution in [0.4, 0.5) is 23.3 Å². The molecule has 0 saturated carbocycles. The average Bonchev–Trinajstić information content (AvgIpc) is 3.23. The maximum atomic E-state index is 12.8. The molecule has 1 aromatic carbocycles. The van der Waals surface area contributed by atoms with Gasteiger partial charge in [0.05, 0.1) is 11.3 Å². The smallest absolute Gasteiger partial charge is 0.358 e. The van der Waals surface area contributed by atoms with E-state index in [0.29, 0.717) is 42.7 Å². The number of piperazine rings is 1. The number of nitrogens with one attached hydrogen (secondary N) is 1. The van der Waals surface area contributed by atoms with Crippen molar-refractivity contribution in [1.82, 2.24) is 14.9 Å². The molecule has 0 bridgehead atoms. The third kappa shape index (κ3) is 5.14. The van der Waals surface area contributed by atoms with Crippen molar-refractivity contribution in [2.24, 2.45) is 0 Å². The Morgan fingerprint density at radius 2 is 1.73 bits per heavy atom. The molecular weight excluding hydrogens is 455 g/mol. The number of nitrogens with zero attached hydrogens (tertiary/aromatic N) is 4. The SMILES string of the molecule is CC(=O)N1CCN(c2sc(NC(=O)c3ccc(C(F)(F)F)cc3)nc2-c2ccccn2)CC1. The van der Waals surface area contributed by atoms with Crippen LogP contribution in [-0.2, 0) is 11.0 Å². The maximum absolute atomic E-state index is 12.8. The fraction of sp³-hybridized carbons (Fsp3) is 0.273. The van der Waals surface area contributed by atoms with E-state index in [1.54, 1.807) is 17.2 Å². The molecule has 11 heteroatoms. The number of halogens is 3. The van der Waals surface area contributed by atoms with Gasteiger partial charge in [-0.3, -0.25) is 19.9 Å². The monoisotopic (exact) mass is 475 g/mol. The standard InChI is InChI=1S/C22H20F3N5O2S/c1-14(31)29-10-12-30(13-11-29)20-18(17-4-2-3-9-26-17)27-21(33-20)28-19(32)15-5-7-16(8-6-15)22(23,24)25/h2-9H,10-13H2,1H3,(H,27,28,32). The maximum Gasteiger partial charge on any atom is 0.416 e. The van der Waals surface area contributed by atoms with Crippen LogP contribution in [0.25, 0.3) is 11.4 Å². The largest absolute Gasteiger partial charge is 0.416 e. The highest BCUT2D eigenvalue weighted by Gasteiger charge is 2.30. The molecule has 0 atom stereocenters. The number of alkyl halides is 3. The van der Waals surface area contributed by atoms with Gasteiger partial charge in [0.2, 0.25) is 5.91 Å².